The first kappa shape index (κ1) is 57.1. The molecular formula is C54H94O6. The fraction of sp³-hybridized carbons (Fsp3) is 0.759. The Bertz CT molecular complexity index is 1100. The summed E-state index contributed by atoms with van der Waals surface area (Å²) < 4.78 is 16.8. The lowest BCUT2D eigenvalue weighted by atomic mass is 10.1. The number of hydrogen-bond acceptors (Lipinski definition) is 6. The Morgan fingerprint density at radius 3 is 1.05 bits per heavy atom. The third-order valence-corrected chi connectivity index (χ3v) is 10.8. The topological polar surface area (TPSA) is 78.9 Å². The number of hydrogen-bond donors (Lipinski definition) is 0. The average molecular weight is 839 g/mol. The molecule has 0 aliphatic carbocycles. The fourth-order valence-corrected chi connectivity index (χ4v) is 6.96. The van der Waals surface area contributed by atoms with Gasteiger partial charge in [0, 0.05) is 19.3 Å². The van der Waals surface area contributed by atoms with Crippen molar-refractivity contribution >= 4 is 17.9 Å². The molecule has 0 saturated heterocycles. The number of ether oxygens (including phenoxy) is 3. The second-order valence-electron chi connectivity index (χ2n) is 16.7. The van der Waals surface area contributed by atoms with E-state index in [4.69, 9.17) is 14.2 Å². The molecule has 0 aromatic carbocycles. The number of carbonyl (C=O) groups is 3. The van der Waals surface area contributed by atoms with E-state index in [1.807, 2.05) is 0 Å². The van der Waals surface area contributed by atoms with Crippen molar-refractivity contribution in [3.63, 3.8) is 0 Å². The molecule has 0 N–H and O–H groups in total. The van der Waals surface area contributed by atoms with E-state index in [0.29, 0.717) is 19.3 Å². The summed E-state index contributed by atoms with van der Waals surface area (Å²) in [6, 6.07) is 0. The van der Waals surface area contributed by atoms with Crippen LogP contribution in [0.5, 0.6) is 0 Å². The van der Waals surface area contributed by atoms with Crippen molar-refractivity contribution in [3.8, 4) is 0 Å². The summed E-state index contributed by atoms with van der Waals surface area (Å²) in [4.78, 5) is 37.9. The second kappa shape index (κ2) is 48.8. The molecule has 60 heavy (non-hydrogen) atoms. The summed E-state index contributed by atoms with van der Waals surface area (Å²) in [6.45, 7) is 6.47. The summed E-state index contributed by atoms with van der Waals surface area (Å²) in [5, 5.41) is 0. The Balaban J connectivity index is 4.38. The first-order valence-electron chi connectivity index (χ1n) is 25.3. The van der Waals surface area contributed by atoms with Crippen LogP contribution in [0.2, 0.25) is 0 Å². The van der Waals surface area contributed by atoms with E-state index in [9.17, 15) is 14.4 Å². The van der Waals surface area contributed by atoms with Gasteiger partial charge in [-0.25, -0.2) is 0 Å². The van der Waals surface area contributed by atoms with Crippen LogP contribution in [0.25, 0.3) is 0 Å². The number of allylic oxidation sites excluding steroid dienone is 10. The van der Waals surface area contributed by atoms with Crippen LogP contribution in [-0.2, 0) is 28.6 Å². The third kappa shape index (κ3) is 46.2. The summed E-state index contributed by atoms with van der Waals surface area (Å²) in [5.41, 5.74) is 0. The van der Waals surface area contributed by atoms with Crippen LogP contribution in [-0.4, -0.2) is 37.2 Å². The van der Waals surface area contributed by atoms with Crippen LogP contribution in [0.3, 0.4) is 0 Å². The van der Waals surface area contributed by atoms with Gasteiger partial charge in [-0.3, -0.25) is 14.4 Å². The first-order valence-corrected chi connectivity index (χ1v) is 25.3. The summed E-state index contributed by atoms with van der Waals surface area (Å²) in [7, 11) is 0. The highest BCUT2D eigenvalue weighted by Gasteiger charge is 2.19. The van der Waals surface area contributed by atoms with Gasteiger partial charge in [0.1, 0.15) is 13.2 Å². The standard InChI is InChI=1S/C54H94O6/c1-4-7-10-13-16-19-22-24-26-27-29-30-32-35-38-41-44-47-53(56)59-50-51(49-58-52(55)46-43-40-37-34-21-18-15-12-9-6-3)60-54(57)48-45-42-39-36-33-31-28-25-23-20-17-14-11-8-5-2/h8,11,16-17,19-20,24-26,28,51H,4-7,9-10,12-15,18,21-23,27,29-50H2,1-3H3/b11-8-,19-16-,20-17-,26-24-,28-25-. The Morgan fingerprint density at radius 2 is 0.650 bits per heavy atom. The van der Waals surface area contributed by atoms with E-state index in [1.54, 1.807) is 0 Å². The molecule has 0 rings (SSSR count). The van der Waals surface area contributed by atoms with Crippen molar-refractivity contribution in [2.24, 2.45) is 0 Å². The van der Waals surface area contributed by atoms with Crippen LogP contribution in [0.4, 0.5) is 0 Å². The molecule has 6 nitrogen and oxygen atoms in total. The Morgan fingerprint density at radius 1 is 0.350 bits per heavy atom. The third-order valence-electron chi connectivity index (χ3n) is 10.8. The van der Waals surface area contributed by atoms with Gasteiger partial charge in [0.25, 0.3) is 0 Å². The van der Waals surface area contributed by atoms with Crippen LogP contribution in [0.1, 0.15) is 245 Å². The maximum absolute atomic E-state index is 12.8. The zero-order valence-corrected chi connectivity index (χ0v) is 39.5. The van der Waals surface area contributed by atoms with Gasteiger partial charge in [-0.2, -0.15) is 0 Å². The van der Waals surface area contributed by atoms with Crippen LogP contribution >= 0.6 is 0 Å². The van der Waals surface area contributed by atoms with Crippen molar-refractivity contribution < 1.29 is 28.6 Å². The average Bonchev–Trinajstić information content (AvgIpc) is 3.24. The van der Waals surface area contributed by atoms with Gasteiger partial charge < -0.3 is 14.2 Å². The molecule has 6 heteroatoms. The number of rotatable bonds is 45. The molecule has 0 amide bonds. The van der Waals surface area contributed by atoms with Gasteiger partial charge >= 0.3 is 17.9 Å². The molecule has 0 heterocycles. The van der Waals surface area contributed by atoms with E-state index in [-0.39, 0.29) is 31.1 Å². The van der Waals surface area contributed by atoms with E-state index < -0.39 is 6.10 Å². The Labute approximate surface area is 370 Å². The van der Waals surface area contributed by atoms with E-state index in [1.165, 1.54) is 96.3 Å². The van der Waals surface area contributed by atoms with Gasteiger partial charge in [-0.05, 0) is 83.5 Å². The summed E-state index contributed by atoms with van der Waals surface area (Å²) in [6.07, 6.45) is 59.1. The minimum absolute atomic E-state index is 0.0825. The zero-order chi connectivity index (χ0) is 43.7. The normalized spacial score (nSPS) is 12.5. The van der Waals surface area contributed by atoms with Crippen LogP contribution in [0, 0.1) is 0 Å². The van der Waals surface area contributed by atoms with Crippen LogP contribution in [0.15, 0.2) is 60.8 Å². The molecule has 346 valence electrons. The Hall–Kier alpha value is -2.89. The van der Waals surface area contributed by atoms with Crippen LogP contribution < -0.4 is 0 Å². The van der Waals surface area contributed by atoms with Crippen molar-refractivity contribution in [2.75, 3.05) is 13.2 Å². The lowest BCUT2D eigenvalue weighted by molar-refractivity contribution is -0.167. The van der Waals surface area contributed by atoms with Crippen molar-refractivity contribution in [3.05, 3.63) is 60.8 Å². The lowest BCUT2D eigenvalue weighted by Crippen LogP contribution is -2.30. The minimum Gasteiger partial charge on any atom is -0.462 e. The second-order valence-corrected chi connectivity index (χ2v) is 16.7. The molecule has 1 atom stereocenters. The van der Waals surface area contributed by atoms with Crippen molar-refractivity contribution in [1.29, 1.82) is 0 Å². The van der Waals surface area contributed by atoms with Gasteiger partial charge in [0.05, 0.1) is 0 Å². The predicted octanol–water partition coefficient (Wildman–Crippen LogP) is 16.5. The van der Waals surface area contributed by atoms with Gasteiger partial charge in [-0.15, -0.1) is 0 Å². The largest absolute Gasteiger partial charge is 0.462 e. The van der Waals surface area contributed by atoms with Crippen molar-refractivity contribution in [2.45, 2.75) is 252 Å². The molecule has 0 aromatic heterocycles. The summed E-state index contributed by atoms with van der Waals surface area (Å²) >= 11 is 0. The molecule has 1 unspecified atom stereocenters. The molecule has 0 aliphatic rings. The molecule has 0 radical (unpaired) electrons. The maximum atomic E-state index is 12.8. The minimum atomic E-state index is -0.783. The number of esters is 3. The zero-order valence-electron chi connectivity index (χ0n) is 39.5. The van der Waals surface area contributed by atoms with Gasteiger partial charge in [0.15, 0.2) is 6.10 Å². The smallest absolute Gasteiger partial charge is 0.306 e. The molecule has 0 spiro atoms. The highest BCUT2D eigenvalue weighted by atomic mass is 16.6. The van der Waals surface area contributed by atoms with Gasteiger partial charge in [-0.1, -0.05) is 204 Å². The summed E-state index contributed by atoms with van der Waals surface area (Å²) in [5.74, 6) is -0.906. The molecule has 0 bridgehead atoms. The molecule has 0 aliphatic heterocycles. The molecular weight excluding hydrogens is 745 g/mol. The fourth-order valence-electron chi connectivity index (χ4n) is 6.96. The van der Waals surface area contributed by atoms with E-state index >= 15 is 0 Å². The SMILES string of the molecule is CC/C=C\C/C=C\C/C=C\CCCCCCCC(=O)OC(COC(=O)CCCCCCCCC/C=C\C/C=C\CCCCC)COC(=O)CCCCCCCCCCCC. The highest BCUT2D eigenvalue weighted by Crippen LogP contribution is 2.14. The lowest BCUT2D eigenvalue weighted by Gasteiger charge is -2.18. The maximum Gasteiger partial charge on any atom is 0.306 e. The molecule has 0 aromatic rings. The number of unbranched alkanes of at least 4 members (excludes halogenated alkanes) is 24. The molecule has 0 saturated carbocycles. The first-order chi connectivity index (χ1) is 29.5. The van der Waals surface area contributed by atoms with E-state index in [2.05, 4.69) is 81.5 Å². The Kier molecular flexibility index (Phi) is 46.4. The van der Waals surface area contributed by atoms with Gasteiger partial charge in [0.2, 0.25) is 0 Å². The highest BCUT2D eigenvalue weighted by molar-refractivity contribution is 5.71. The quantitative estimate of drug-likeness (QED) is 0.0263. The van der Waals surface area contributed by atoms with Crippen molar-refractivity contribution in [1.82, 2.24) is 0 Å². The van der Waals surface area contributed by atoms with E-state index in [0.717, 1.165) is 109 Å². The predicted molar refractivity (Wildman–Crippen MR) is 256 cm³/mol. The number of carbonyl (C=O) groups excluding carboxylic acids is 3. The molecule has 0 fully saturated rings. The monoisotopic (exact) mass is 839 g/mol.